The number of likely N-dealkylation sites (N-methyl/N-ethyl adjacent to an activating group) is 1. The fourth-order valence-electron chi connectivity index (χ4n) is 2.84. The van der Waals surface area contributed by atoms with Gasteiger partial charge in [0.2, 0.25) is 5.91 Å². The lowest BCUT2D eigenvalue weighted by Gasteiger charge is -2.34. The van der Waals surface area contributed by atoms with Crippen LogP contribution in [0.5, 0.6) is 0 Å². The van der Waals surface area contributed by atoms with Gasteiger partial charge in [0.25, 0.3) is 0 Å². The van der Waals surface area contributed by atoms with Crippen LogP contribution < -0.4 is 5.73 Å². The second-order valence-corrected chi connectivity index (χ2v) is 5.58. The highest BCUT2D eigenvalue weighted by molar-refractivity contribution is 5.92. The molecule has 0 spiro atoms. The lowest BCUT2D eigenvalue weighted by Crippen LogP contribution is -2.43. The third-order valence-electron chi connectivity index (χ3n) is 4.09. The molecule has 114 valence electrons. The molecule has 1 aliphatic carbocycles. The van der Waals surface area contributed by atoms with Gasteiger partial charge < -0.3 is 10.6 Å². The highest BCUT2D eigenvalue weighted by Gasteiger charge is 2.25. The number of hydrogen-bond donors (Lipinski definition) is 1. The van der Waals surface area contributed by atoms with Gasteiger partial charge in [0.1, 0.15) is 5.82 Å². The van der Waals surface area contributed by atoms with Gasteiger partial charge >= 0.3 is 0 Å². The molecular formula is C17H23FN2O. The van der Waals surface area contributed by atoms with Crippen molar-refractivity contribution in [1.82, 2.24) is 4.90 Å². The molecule has 2 rings (SSSR count). The molecule has 3 nitrogen and oxygen atoms in total. The van der Waals surface area contributed by atoms with Gasteiger partial charge in [-0.05, 0) is 56.4 Å². The maximum absolute atomic E-state index is 12.8. The van der Waals surface area contributed by atoms with E-state index in [4.69, 9.17) is 5.73 Å². The summed E-state index contributed by atoms with van der Waals surface area (Å²) in [4.78, 5) is 14.2. The van der Waals surface area contributed by atoms with Crippen LogP contribution in [0.1, 0.15) is 38.2 Å². The third-order valence-corrected chi connectivity index (χ3v) is 4.09. The van der Waals surface area contributed by atoms with E-state index in [1.807, 2.05) is 11.8 Å². The van der Waals surface area contributed by atoms with E-state index in [2.05, 4.69) is 0 Å². The molecule has 1 saturated carbocycles. The smallest absolute Gasteiger partial charge is 0.246 e. The van der Waals surface area contributed by atoms with Crippen molar-refractivity contribution in [2.45, 2.75) is 44.7 Å². The fraction of sp³-hybridized carbons (Fsp3) is 0.471. The summed E-state index contributed by atoms with van der Waals surface area (Å²) in [5.74, 6) is -0.255. The van der Waals surface area contributed by atoms with E-state index in [1.54, 1.807) is 24.3 Å². The molecule has 1 amide bonds. The van der Waals surface area contributed by atoms with Gasteiger partial charge in [-0.2, -0.15) is 0 Å². The molecule has 1 fully saturated rings. The number of rotatable bonds is 4. The fourth-order valence-corrected chi connectivity index (χ4v) is 2.84. The zero-order valence-corrected chi connectivity index (χ0v) is 12.5. The maximum atomic E-state index is 12.8. The minimum atomic E-state index is -0.271. The molecule has 1 aromatic rings. The molecular weight excluding hydrogens is 267 g/mol. The average Bonchev–Trinajstić information content (AvgIpc) is 2.49. The second-order valence-electron chi connectivity index (χ2n) is 5.58. The first-order chi connectivity index (χ1) is 10.1. The van der Waals surface area contributed by atoms with E-state index in [-0.39, 0.29) is 17.8 Å². The summed E-state index contributed by atoms with van der Waals surface area (Å²) in [5.41, 5.74) is 6.74. The van der Waals surface area contributed by atoms with Crippen molar-refractivity contribution >= 4 is 12.0 Å². The van der Waals surface area contributed by atoms with Crippen LogP contribution in [-0.2, 0) is 4.79 Å². The van der Waals surface area contributed by atoms with Crippen molar-refractivity contribution in [1.29, 1.82) is 0 Å². The van der Waals surface area contributed by atoms with Crippen LogP contribution in [-0.4, -0.2) is 29.4 Å². The molecule has 0 aliphatic heterocycles. The summed E-state index contributed by atoms with van der Waals surface area (Å²) in [7, 11) is 0. The van der Waals surface area contributed by atoms with Crippen molar-refractivity contribution in [3.8, 4) is 0 Å². The van der Waals surface area contributed by atoms with Crippen LogP contribution in [0.25, 0.3) is 6.08 Å². The van der Waals surface area contributed by atoms with Crippen LogP contribution in [0.3, 0.4) is 0 Å². The lowest BCUT2D eigenvalue weighted by molar-refractivity contribution is -0.128. The molecule has 0 atom stereocenters. The molecule has 2 N–H and O–H groups in total. The number of nitrogens with two attached hydrogens (primary N) is 1. The first-order valence-corrected chi connectivity index (χ1v) is 7.60. The van der Waals surface area contributed by atoms with Crippen LogP contribution in [0.4, 0.5) is 4.39 Å². The van der Waals surface area contributed by atoms with Crippen molar-refractivity contribution < 1.29 is 9.18 Å². The molecule has 0 radical (unpaired) electrons. The van der Waals surface area contributed by atoms with Crippen molar-refractivity contribution in [2.24, 2.45) is 5.73 Å². The van der Waals surface area contributed by atoms with E-state index in [9.17, 15) is 9.18 Å². The van der Waals surface area contributed by atoms with E-state index >= 15 is 0 Å². The van der Waals surface area contributed by atoms with Gasteiger partial charge in [-0.25, -0.2) is 4.39 Å². The predicted molar refractivity (Wildman–Crippen MR) is 83.1 cm³/mol. The van der Waals surface area contributed by atoms with Crippen molar-refractivity contribution in [3.63, 3.8) is 0 Å². The normalized spacial score (nSPS) is 22.4. The Labute approximate surface area is 125 Å². The topological polar surface area (TPSA) is 46.3 Å². The minimum absolute atomic E-state index is 0.0160. The molecule has 0 saturated heterocycles. The Balaban J connectivity index is 1.98. The second kappa shape index (κ2) is 7.36. The van der Waals surface area contributed by atoms with Crippen LogP contribution in [0.15, 0.2) is 30.3 Å². The number of benzene rings is 1. The summed E-state index contributed by atoms with van der Waals surface area (Å²) in [6.45, 7) is 2.70. The Bertz CT molecular complexity index is 490. The highest BCUT2D eigenvalue weighted by Crippen LogP contribution is 2.22. The van der Waals surface area contributed by atoms with E-state index in [1.165, 1.54) is 12.1 Å². The van der Waals surface area contributed by atoms with Gasteiger partial charge in [-0.3, -0.25) is 4.79 Å². The summed E-state index contributed by atoms with van der Waals surface area (Å²) in [6.07, 6.45) is 7.23. The summed E-state index contributed by atoms with van der Waals surface area (Å²) < 4.78 is 12.8. The highest BCUT2D eigenvalue weighted by atomic mass is 19.1. The van der Waals surface area contributed by atoms with Crippen LogP contribution in [0, 0.1) is 5.82 Å². The number of hydrogen-bond acceptors (Lipinski definition) is 2. The van der Waals surface area contributed by atoms with Gasteiger partial charge in [0, 0.05) is 24.7 Å². The third kappa shape index (κ3) is 4.39. The Morgan fingerprint density at radius 1 is 1.29 bits per heavy atom. The molecule has 4 heteroatoms. The molecule has 1 aliphatic rings. The van der Waals surface area contributed by atoms with Crippen molar-refractivity contribution in [2.75, 3.05) is 6.54 Å². The SMILES string of the molecule is CCN(C(=O)C=Cc1ccc(F)cc1)C1CCC(N)CC1. The Morgan fingerprint density at radius 3 is 2.48 bits per heavy atom. The predicted octanol–water partition coefficient (Wildman–Crippen LogP) is 2.96. The van der Waals surface area contributed by atoms with E-state index < -0.39 is 0 Å². The first kappa shape index (κ1) is 15.7. The van der Waals surface area contributed by atoms with Gasteiger partial charge in [0.15, 0.2) is 0 Å². The summed E-state index contributed by atoms with van der Waals surface area (Å²) in [6, 6.07) is 6.68. The first-order valence-electron chi connectivity index (χ1n) is 7.60. The van der Waals surface area contributed by atoms with Crippen molar-refractivity contribution in [3.05, 3.63) is 41.7 Å². The summed E-state index contributed by atoms with van der Waals surface area (Å²) in [5, 5.41) is 0. The zero-order valence-electron chi connectivity index (χ0n) is 12.5. The molecule has 21 heavy (non-hydrogen) atoms. The van der Waals surface area contributed by atoms with Crippen LogP contribution >= 0.6 is 0 Å². The largest absolute Gasteiger partial charge is 0.336 e. The quantitative estimate of drug-likeness (QED) is 0.867. The molecule has 0 unspecified atom stereocenters. The van der Waals surface area contributed by atoms with Crippen LogP contribution in [0.2, 0.25) is 0 Å². The number of carbonyl (C=O) groups excluding carboxylic acids is 1. The minimum Gasteiger partial charge on any atom is -0.336 e. The number of carbonyl (C=O) groups is 1. The number of nitrogens with zero attached hydrogens (tertiary/aromatic N) is 1. The monoisotopic (exact) mass is 290 g/mol. The number of amides is 1. The Morgan fingerprint density at radius 2 is 1.90 bits per heavy atom. The van der Waals surface area contributed by atoms with Gasteiger partial charge in [-0.1, -0.05) is 12.1 Å². The number of halogens is 1. The van der Waals surface area contributed by atoms with E-state index in [0.29, 0.717) is 12.6 Å². The molecule has 0 bridgehead atoms. The zero-order chi connectivity index (χ0) is 15.2. The molecule has 0 aromatic heterocycles. The Kier molecular flexibility index (Phi) is 5.51. The average molecular weight is 290 g/mol. The maximum Gasteiger partial charge on any atom is 0.246 e. The standard InChI is InChI=1S/C17H23FN2O/c1-2-20(16-10-8-15(19)9-11-16)17(21)12-5-13-3-6-14(18)7-4-13/h3-7,12,15-16H,2,8-11,19H2,1H3. The molecule has 1 aromatic carbocycles. The van der Waals surface area contributed by atoms with E-state index in [0.717, 1.165) is 31.2 Å². The lowest BCUT2D eigenvalue weighted by atomic mass is 9.90. The van der Waals surface area contributed by atoms with Gasteiger partial charge in [-0.15, -0.1) is 0 Å². The molecule has 0 heterocycles. The summed E-state index contributed by atoms with van der Waals surface area (Å²) >= 11 is 0. The van der Waals surface area contributed by atoms with Gasteiger partial charge in [0.05, 0.1) is 0 Å². The Hall–Kier alpha value is -1.68.